The molecule has 1 aliphatic rings. The molecule has 5 heteroatoms. The normalized spacial score (nSPS) is 15.9. The van der Waals surface area contributed by atoms with Crippen molar-refractivity contribution in [3.05, 3.63) is 24.3 Å². The van der Waals surface area contributed by atoms with Crippen LogP contribution in [-0.2, 0) is 4.79 Å². The van der Waals surface area contributed by atoms with E-state index >= 15 is 0 Å². The second-order valence-corrected chi connectivity index (χ2v) is 5.89. The molecule has 0 saturated carbocycles. The number of hydrogen-bond acceptors (Lipinski definition) is 2. The van der Waals surface area contributed by atoms with Gasteiger partial charge in [0.2, 0.25) is 5.91 Å². The molecule has 1 aliphatic heterocycles. The standard InChI is InChI=1S/C16H23N3OS/c1-3-5-12(2)17-16(21)18-13-7-9-14(10-8-13)19-11-4-6-15(19)20/h7-10,12H,3-6,11H2,1-2H3,(H2,17,18,21). The number of carbonyl (C=O) groups is 1. The number of nitrogens with zero attached hydrogens (tertiary/aromatic N) is 1. The highest BCUT2D eigenvalue weighted by Gasteiger charge is 2.21. The van der Waals surface area contributed by atoms with Crippen LogP contribution in [0.2, 0.25) is 0 Å². The van der Waals surface area contributed by atoms with E-state index in [4.69, 9.17) is 12.2 Å². The number of amides is 1. The lowest BCUT2D eigenvalue weighted by molar-refractivity contribution is -0.117. The average molecular weight is 305 g/mol. The zero-order valence-corrected chi connectivity index (χ0v) is 13.5. The quantitative estimate of drug-likeness (QED) is 0.819. The van der Waals surface area contributed by atoms with Crippen molar-refractivity contribution >= 4 is 34.6 Å². The van der Waals surface area contributed by atoms with E-state index < -0.39 is 0 Å². The second kappa shape index (κ2) is 7.41. The van der Waals surface area contributed by atoms with Gasteiger partial charge in [-0.25, -0.2) is 0 Å². The lowest BCUT2D eigenvalue weighted by Crippen LogP contribution is -2.35. The Morgan fingerprint density at radius 3 is 2.67 bits per heavy atom. The third-order valence-electron chi connectivity index (χ3n) is 3.61. The van der Waals surface area contributed by atoms with Crippen LogP contribution in [0.4, 0.5) is 11.4 Å². The lowest BCUT2D eigenvalue weighted by atomic mass is 10.2. The monoisotopic (exact) mass is 305 g/mol. The summed E-state index contributed by atoms with van der Waals surface area (Å²) < 4.78 is 0. The van der Waals surface area contributed by atoms with E-state index in [-0.39, 0.29) is 5.91 Å². The first-order valence-corrected chi connectivity index (χ1v) is 7.99. The molecule has 2 N–H and O–H groups in total. The highest BCUT2D eigenvalue weighted by Crippen LogP contribution is 2.22. The molecule has 1 aromatic rings. The van der Waals surface area contributed by atoms with E-state index in [2.05, 4.69) is 24.5 Å². The number of benzene rings is 1. The van der Waals surface area contributed by atoms with E-state index in [0.29, 0.717) is 17.6 Å². The molecule has 1 heterocycles. The van der Waals surface area contributed by atoms with Gasteiger partial charge in [-0.15, -0.1) is 0 Å². The second-order valence-electron chi connectivity index (χ2n) is 5.48. The SMILES string of the molecule is CCCC(C)NC(=S)Nc1ccc(N2CCCC2=O)cc1. The third-order valence-corrected chi connectivity index (χ3v) is 3.83. The van der Waals surface area contributed by atoms with Gasteiger partial charge in [0.15, 0.2) is 5.11 Å². The van der Waals surface area contributed by atoms with Gasteiger partial charge in [0.1, 0.15) is 0 Å². The van der Waals surface area contributed by atoms with E-state index in [9.17, 15) is 4.79 Å². The summed E-state index contributed by atoms with van der Waals surface area (Å²) >= 11 is 5.30. The molecular weight excluding hydrogens is 282 g/mol. The third kappa shape index (κ3) is 4.43. The van der Waals surface area contributed by atoms with E-state index in [1.54, 1.807) is 0 Å². The molecule has 1 atom stereocenters. The molecule has 1 unspecified atom stereocenters. The van der Waals surface area contributed by atoms with Crippen molar-refractivity contribution < 1.29 is 4.79 Å². The van der Waals surface area contributed by atoms with Crippen molar-refractivity contribution in [1.29, 1.82) is 0 Å². The molecule has 1 fully saturated rings. The van der Waals surface area contributed by atoms with Crippen molar-refractivity contribution in [1.82, 2.24) is 5.32 Å². The molecule has 1 amide bonds. The van der Waals surface area contributed by atoms with Gasteiger partial charge >= 0.3 is 0 Å². The molecule has 0 bridgehead atoms. The fourth-order valence-electron chi connectivity index (χ4n) is 2.54. The van der Waals surface area contributed by atoms with Crippen LogP contribution in [-0.4, -0.2) is 23.6 Å². The maximum atomic E-state index is 11.7. The number of nitrogens with one attached hydrogen (secondary N) is 2. The Bertz CT molecular complexity index is 501. The predicted molar refractivity (Wildman–Crippen MR) is 91.8 cm³/mol. The van der Waals surface area contributed by atoms with Crippen LogP contribution in [0.1, 0.15) is 39.5 Å². The molecule has 1 saturated heterocycles. The summed E-state index contributed by atoms with van der Waals surface area (Å²) in [6.07, 6.45) is 3.83. The predicted octanol–water partition coefficient (Wildman–Crippen LogP) is 3.29. The van der Waals surface area contributed by atoms with E-state index in [1.165, 1.54) is 0 Å². The van der Waals surface area contributed by atoms with Gasteiger partial charge in [-0.1, -0.05) is 13.3 Å². The summed E-state index contributed by atoms with van der Waals surface area (Å²) in [5.41, 5.74) is 1.90. The van der Waals surface area contributed by atoms with Gasteiger partial charge in [-0.3, -0.25) is 4.79 Å². The Labute approximate surface area is 131 Å². The minimum atomic E-state index is 0.210. The molecular formula is C16H23N3OS. The molecule has 0 spiro atoms. The van der Waals surface area contributed by atoms with Crippen molar-refractivity contribution in [3.8, 4) is 0 Å². The summed E-state index contributed by atoms with van der Waals surface area (Å²) in [5, 5.41) is 7.08. The van der Waals surface area contributed by atoms with Crippen LogP contribution >= 0.6 is 12.2 Å². The van der Waals surface area contributed by atoms with Gasteiger partial charge < -0.3 is 15.5 Å². The maximum Gasteiger partial charge on any atom is 0.227 e. The Kier molecular flexibility index (Phi) is 5.56. The number of hydrogen-bond donors (Lipinski definition) is 2. The highest BCUT2D eigenvalue weighted by molar-refractivity contribution is 7.80. The van der Waals surface area contributed by atoms with Crippen LogP contribution in [0.5, 0.6) is 0 Å². The number of carbonyl (C=O) groups excluding carboxylic acids is 1. The zero-order valence-electron chi connectivity index (χ0n) is 12.7. The summed E-state index contributed by atoms with van der Waals surface area (Å²) in [6, 6.07) is 8.21. The minimum Gasteiger partial charge on any atom is -0.360 e. The smallest absolute Gasteiger partial charge is 0.227 e. The van der Waals surface area contributed by atoms with Gasteiger partial charge in [-0.2, -0.15) is 0 Å². The largest absolute Gasteiger partial charge is 0.360 e. The van der Waals surface area contributed by atoms with Crippen LogP contribution in [0.15, 0.2) is 24.3 Å². The fourth-order valence-corrected chi connectivity index (χ4v) is 2.86. The minimum absolute atomic E-state index is 0.210. The van der Waals surface area contributed by atoms with Gasteiger partial charge in [0.05, 0.1) is 0 Å². The molecule has 0 radical (unpaired) electrons. The number of anilines is 2. The topological polar surface area (TPSA) is 44.4 Å². The zero-order chi connectivity index (χ0) is 15.2. The van der Waals surface area contributed by atoms with Gasteiger partial charge in [0.25, 0.3) is 0 Å². The summed E-state index contributed by atoms with van der Waals surface area (Å²) in [4.78, 5) is 13.5. The average Bonchev–Trinajstić information content (AvgIpc) is 2.86. The van der Waals surface area contributed by atoms with E-state index in [1.807, 2.05) is 29.2 Å². The molecule has 0 aliphatic carbocycles. The van der Waals surface area contributed by atoms with Crippen LogP contribution in [0.25, 0.3) is 0 Å². The van der Waals surface area contributed by atoms with Crippen molar-refractivity contribution in [2.75, 3.05) is 16.8 Å². The molecule has 4 nitrogen and oxygen atoms in total. The fraction of sp³-hybridized carbons (Fsp3) is 0.500. The van der Waals surface area contributed by atoms with Crippen LogP contribution in [0.3, 0.4) is 0 Å². The molecule has 2 rings (SSSR count). The first-order chi connectivity index (χ1) is 10.1. The van der Waals surface area contributed by atoms with Crippen molar-refractivity contribution in [2.24, 2.45) is 0 Å². The first kappa shape index (κ1) is 15.8. The summed E-state index contributed by atoms with van der Waals surface area (Å²) in [5.74, 6) is 0.210. The highest BCUT2D eigenvalue weighted by atomic mass is 32.1. The van der Waals surface area contributed by atoms with Gasteiger partial charge in [0, 0.05) is 30.4 Å². The first-order valence-electron chi connectivity index (χ1n) is 7.58. The molecule has 0 aromatic heterocycles. The van der Waals surface area contributed by atoms with Crippen LogP contribution in [0, 0.1) is 0 Å². The van der Waals surface area contributed by atoms with Crippen LogP contribution < -0.4 is 15.5 Å². The summed E-state index contributed by atoms with van der Waals surface area (Å²) in [7, 11) is 0. The Balaban J connectivity index is 1.90. The Hall–Kier alpha value is -1.62. The van der Waals surface area contributed by atoms with E-state index in [0.717, 1.165) is 37.2 Å². The summed E-state index contributed by atoms with van der Waals surface area (Å²) in [6.45, 7) is 5.10. The molecule has 114 valence electrons. The Morgan fingerprint density at radius 1 is 1.38 bits per heavy atom. The lowest BCUT2D eigenvalue weighted by Gasteiger charge is -2.18. The molecule has 1 aromatic carbocycles. The van der Waals surface area contributed by atoms with Crippen molar-refractivity contribution in [2.45, 2.75) is 45.6 Å². The maximum absolute atomic E-state index is 11.7. The molecule has 21 heavy (non-hydrogen) atoms. The van der Waals surface area contributed by atoms with Gasteiger partial charge in [-0.05, 0) is 56.2 Å². The Morgan fingerprint density at radius 2 is 2.10 bits per heavy atom. The number of thiocarbonyl (C=S) groups is 1. The number of rotatable bonds is 5. The van der Waals surface area contributed by atoms with Crippen molar-refractivity contribution in [3.63, 3.8) is 0 Å².